The van der Waals surface area contributed by atoms with E-state index in [1.165, 1.54) is 5.56 Å². The van der Waals surface area contributed by atoms with Crippen molar-refractivity contribution in [2.24, 2.45) is 9.98 Å². The maximum atomic E-state index is 10.1. The molecule has 2 aromatic carbocycles. The van der Waals surface area contributed by atoms with Gasteiger partial charge in [-0.05, 0) is 48.7 Å². The SMILES string of the molecule is CC1=Nc2cc3c(cc2C1)CC(c1cc(O)c(C)cc1O)=N3. The summed E-state index contributed by atoms with van der Waals surface area (Å²) in [7, 11) is 0. The van der Waals surface area contributed by atoms with Crippen LogP contribution in [0.1, 0.15) is 29.2 Å². The summed E-state index contributed by atoms with van der Waals surface area (Å²) in [5, 5.41) is 20.0. The van der Waals surface area contributed by atoms with Gasteiger partial charge in [0.1, 0.15) is 11.5 Å². The number of phenols is 2. The van der Waals surface area contributed by atoms with Gasteiger partial charge in [0.2, 0.25) is 0 Å². The molecule has 22 heavy (non-hydrogen) atoms. The molecule has 0 aliphatic carbocycles. The molecule has 2 aromatic rings. The molecule has 2 aliphatic heterocycles. The summed E-state index contributed by atoms with van der Waals surface area (Å²) in [4.78, 5) is 9.16. The molecule has 0 fully saturated rings. The molecular formula is C18H16N2O2. The molecule has 0 aromatic heterocycles. The van der Waals surface area contributed by atoms with E-state index in [4.69, 9.17) is 0 Å². The summed E-state index contributed by atoms with van der Waals surface area (Å²) in [6.45, 7) is 3.79. The first-order valence-corrected chi connectivity index (χ1v) is 7.32. The van der Waals surface area contributed by atoms with Crippen LogP contribution in [-0.4, -0.2) is 21.6 Å². The zero-order valence-corrected chi connectivity index (χ0v) is 12.5. The zero-order valence-electron chi connectivity index (χ0n) is 12.5. The number of aryl methyl sites for hydroxylation is 1. The molecule has 4 heteroatoms. The Balaban J connectivity index is 1.77. The van der Waals surface area contributed by atoms with Crippen molar-refractivity contribution in [2.75, 3.05) is 0 Å². The second-order valence-electron chi connectivity index (χ2n) is 6.02. The number of fused-ring (bicyclic) bond motifs is 2. The summed E-state index contributed by atoms with van der Waals surface area (Å²) in [5.41, 5.74) is 7.46. The van der Waals surface area contributed by atoms with E-state index >= 15 is 0 Å². The molecule has 0 saturated heterocycles. The predicted molar refractivity (Wildman–Crippen MR) is 87.3 cm³/mol. The Labute approximate surface area is 128 Å². The lowest BCUT2D eigenvalue weighted by molar-refractivity contribution is 0.456. The number of hydrogen-bond donors (Lipinski definition) is 2. The lowest BCUT2D eigenvalue weighted by Crippen LogP contribution is -2.01. The van der Waals surface area contributed by atoms with Crippen molar-refractivity contribution in [1.29, 1.82) is 0 Å². The first-order chi connectivity index (χ1) is 10.5. The van der Waals surface area contributed by atoms with Gasteiger partial charge in [-0.1, -0.05) is 6.07 Å². The highest BCUT2D eigenvalue weighted by Crippen LogP contribution is 2.39. The van der Waals surface area contributed by atoms with E-state index in [1.54, 1.807) is 19.1 Å². The maximum absolute atomic E-state index is 10.1. The van der Waals surface area contributed by atoms with Crippen LogP contribution in [0.3, 0.4) is 0 Å². The number of hydrogen-bond acceptors (Lipinski definition) is 4. The number of aromatic hydroxyl groups is 2. The lowest BCUT2D eigenvalue weighted by atomic mass is 9.99. The third-order valence-electron chi connectivity index (χ3n) is 4.28. The van der Waals surface area contributed by atoms with Crippen molar-refractivity contribution < 1.29 is 10.2 Å². The molecule has 4 nitrogen and oxygen atoms in total. The van der Waals surface area contributed by atoms with Crippen molar-refractivity contribution in [3.05, 3.63) is 46.5 Å². The van der Waals surface area contributed by atoms with Crippen LogP contribution in [0.15, 0.2) is 34.3 Å². The van der Waals surface area contributed by atoms with Gasteiger partial charge in [-0.25, -0.2) is 0 Å². The van der Waals surface area contributed by atoms with Crippen molar-refractivity contribution in [3.63, 3.8) is 0 Å². The van der Waals surface area contributed by atoms with Crippen LogP contribution in [0.4, 0.5) is 11.4 Å². The van der Waals surface area contributed by atoms with Gasteiger partial charge in [-0.15, -0.1) is 0 Å². The van der Waals surface area contributed by atoms with E-state index in [0.29, 0.717) is 17.5 Å². The summed E-state index contributed by atoms with van der Waals surface area (Å²) in [6, 6.07) is 7.33. The Morgan fingerprint density at radius 1 is 0.818 bits per heavy atom. The van der Waals surface area contributed by atoms with E-state index in [-0.39, 0.29) is 11.5 Å². The molecule has 0 atom stereocenters. The zero-order chi connectivity index (χ0) is 15.4. The molecule has 0 unspecified atom stereocenters. The first kappa shape index (κ1) is 13.1. The van der Waals surface area contributed by atoms with Crippen LogP contribution in [0.25, 0.3) is 0 Å². The van der Waals surface area contributed by atoms with E-state index in [0.717, 1.165) is 34.8 Å². The normalized spacial score (nSPS) is 15.4. The Bertz CT molecular complexity index is 879. The molecule has 2 heterocycles. The summed E-state index contributed by atoms with van der Waals surface area (Å²) < 4.78 is 0. The van der Waals surface area contributed by atoms with E-state index in [1.807, 2.05) is 13.0 Å². The van der Waals surface area contributed by atoms with Crippen LogP contribution in [0.2, 0.25) is 0 Å². The molecule has 110 valence electrons. The third-order valence-corrected chi connectivity index (χ3v) is 4.28. The van der Waals surface area contributed by atoms with Gasteiger partial charge < -0.3 is 10.2 Å². The largest absolute Gasteiger partial charge is 0.508 e. The van der Waals surface area contributed by atoms with E-state index < -0.39 is 0 Å². The molecule has 4 rings (SSSR count). The van der Waals surface area contributed by atoms with Gasteiger partial charge in [0.25, 0.3) is 0 Å². The monoisotopic (exact) mass is 292 g/mol. The van der Waals surface area contributed by atoms with Gasteiger partial charge in [0.15, 0.2) is 0 Å². The Kier molecular flexibility index (Phi) is 2.64. The minimum atomic E-state index is 0.156. The summed E-state index contributed by atoms with van der Waals surface area (Å²) >= 11 is 0. The van der Waals surface area contributed by atoms with Crippen LogP contribution in [0.5, 0.6) is 11.5 Å². The van der Waals surface area contributed by atoms with Gasteiger partial charge in [0.05, 0.1) is 17.1 Å². The van der Waals surface area contributed by atoms with E-state index in [9.17, 15) is 10.2 Å². The van der Waals surface area contributed by atoms with Gasteiger partial charge in [-0.3, -0.25) is 9.98 Å². The Morgan fingerprint density at radius 2 is 1.55 bits per heavy atom. The van der Waals surface area contributed by atoms with Crippen LogP contribution in [0, 0.1) is 6.92 Å². The molecule has 0 spiro atoms. The second kappa shape index (κ2) is 4.44. The quantitative estimate of drug-likeness (QED) is 0.786. The number of aliphatic imine (C=N–C) groups is 2. The fourth-order valence-electron chi connectivity index (χ4n) is 3.12. The number of rotatable bonds is 1. The molecular weight excluding hydrogens is 276 g/mol. The van der Waals surface area contributed by atoms with Crippen molar-refractivity contribution in [1.82, 2.24) is 0 Å². The van der Waals surface area contributed by atoms with Crippen molar-refractivity contribution in [2.45, 2.75) is 26.7 Å². The van der Waals surface area contributed by atoms with Gasteiger partial charge in [-0.2, -0.15) is 0 Å². The molecule has 0 radical (unpaired) electrons. The average molecular weight is 292 g/mol. The molecule has 0 saturated carbocycles. The summed E-state index contributed by atoms with van der Waals surface area (Å²) in [6.07, 6.45) is 1.56. The standard InChI is InChI=1S/C18H16N2O2/c1-9-3-18(22)13(7-17(9)21)16-6-12-5-11-4-10(2)19-14(11)8-15(12)20-16/h3,5,7-8,21-22H,4,6H2,1-2H3. The highest BCUT2D eigenvalue weighted by Gasteiger charge is 2.23. The Hall–Kier alpha value is -2.62. The third kappa shape index (κ3) is 1.91. The fourth-order valence-corrected chi connectivity index (χ4v) is 3.12. The smallest absolute Gasteiger partial charge is 0.125 e. The van der Waals surface area contributed by atoms with Crippen LogP contribution in [-0.2, 0) is 12.8 Å². The number of nitrogens with zero attached hydrogens (tertiary/aromatic N) is 2. The second-order valence-corrected chi connectivity index (χ2v) is 6.02. The highest BCUT2D eigenvalue weighted by molar-refractivity contribution is 6.09. The highest BCUT2D eigenvalue weighted by atomic mass is 16.3. The first-order valence-electron chi connectivity index (χ1n) is 7.32. The van der Waals surface area contributed by atoms with Crippen LogP contribution < -0.4 is 0 Å². The summed E-state index contributed by atoms with van der Waals surface area (Å²) in [5.74, 6) is 0.331. The Morgan fingerprint density at radius 3 is 2.36 bits per heavy atom. The van der Waals surface area contributed by atoms with Gasteiger partial charge >= 0.3 is 0 Å². The maximum Gasteiger partial charge on any atom is 0.125 e. The van der Waals surface area contributed by atoms with Crippen molar-refractivity contribution in [3.8, 4) is 11.5 Å². The minimum absolute atomic E-state index is 0.156. The number of phenolic OH excluding ortho intramolecular Hbond substituents is 2. The fraction of sp³-hybridized carbons (Fsp3) is 0.222. The van der Waals surface area contributed by atoms with Gasteiger partial charge in [0, 0.05) is 24.1 Å². The molecule has 0 bridgehead atoms. The minimum Gasteiger partial charge on any atom is -0.508 e. The lowest BCUT2D eigenvalue weighted by Gasteiger charge is -2.07. The van der Waals surface area contributed by atoms with Crippen LogP contribution >= 0.6 is 0 Å². The molecule has 2 aliphatic rings. The average Bonchev–Trinajstić information content (AvgIpc) is 3.01. The molecule has 0 amide bonds. The van der Waals surface area contributed by atoms with E-state index in [2.05, 4.69) is 16.1 Å². The number of benzene rings is 2. The molecule has 2 N–H and O–H groups in total. The predicted octanol–water partition coefficient (Wildman–Crippen LogP) is 3.73. The topological polar surface area (TPSA) is 65.2 Å². The van der Waals surface area contributed by atoms with Crippen molar-refractivity contribution >= 4 is 22.8 Å².